The average molecular weight is 528 g/mol. The Morgan fingerprint density at radius 2 is 1.76 bits per heavy atom. The van der Waals surface area contributed by atoms with Crippen LogP contribution in [0.2, 0.25) is 0 Å². The van der Waals surface area contributed by atoms with Crippen molar-refractivity contribution in [2.24, 2.45) is 5.92 Å². The fourth-order valence-electron chi connectivity index (χ4n) is 5.79. The Balaban J connectivity index is 1.58. The number of para-hydroxylation sites is 2. The lowest BCUT2D eigenvalue weighted by atomic mass is 9.92. The molecular weight excluding hydrogens is 498 g/mol. The molecule has 0 bridgehead atoms. The summed E-state index contributed by atoms with van der Waals surface area (Å²) in [4.78, 5) is 16.0. The highest BCUT2D eigenvalue weighted by Gasteiger charge is 2.35. The number of nitrogens with zero attached hydrogens (tertiary/aromatic N) is 3. The number of rotatable bonds is 5. The molecule has 0 amide bonds. The van der Waals surface area contributed by atoms with E-state index in [1.807, 2.05) is 24.8 Å². The van der Waals surface area contributed by atoms with Gasteiger partial charge in [0.05, 0.1) is 30.4 Å². The van der Waals surface area contributed by atoms with Crippen LogP contribution in [0.1, 0.15) is 36.1 Å². The molecule has 0 N–H and O–H groups in total. The van der Waals surface area contributed by atoms with Crippen LogP contribution < -0.4 is 15.3 Å². The van der Waals surface area contributed by atoms with Crippen LogP contribution in [-0.2, 0) is 12.7 Å². The van der Waals surface area contributed by atoms with Crippen LogP contribution in [0.5, 0.6) is 5.75 Å². The molecule has 1 aliphatic rings. The molecular formula is C29H29F4N3O2. The number of anilines is 1. The van der Waals surface area contributed by atoms with Gasteiger partial charge in [-0.25, -0.2) is 9.18 Å². The van der Waals surface area contributed by atoms with Crippen molar-refractivity contribution in [1.82, 2.24) is 9.13 Å². The number of methoxy groups -OCH3 is 1. The largest absolute Gasteiger partial charge is 0.494 e. The van der Waals surface area contributed by atoms with Gasteiger partial charge in [-0.05, 0) is 54.7 Å². The number of piperidine rings is 1. The number of ether oxygens (including phenoxy) is 1. The monoisotopic (exact) mass is 527 g/mol. The molecule has 200 valence electrons. The molecule has 2 heterocycles. The Bertz CT molecular complexity index is 1520. The zero-order chi connectivity index (χ0) is 27.2. The van der Waals surface area contributed by atoms with E-state index in [0.29, 0.717) is 42.0 Å². The molecule has 1 fully saturated rings. The highest BCUT2D eigenvalue weighted by atomic mass is 19.4. The minimum Gasteiger partial charge on any atom is -0.494 e. The average Bonchev–Trinajstić information content (AvgIpc) is 3.15. The molecule has 1 saturated heterocycles. The van der Waals surface area contributed by atoms with Gasteiger partial charge in [0.15, 0.2) is 0 Å². The molecule has 1 aromatic heterocycles. The number of imidazole rings is 1. The van der Waals surface area contributed by atoms with Crippen LogP contribution >= 0.6 is 0 Å². The number of hydrogen-bond donors (Lipinski definition) is 0. The maximum absolute atomic E-state index is 14.7. The van der Waals surface area contributed by atoms with Crippen molar-refractivity contribution in [3.63, 3.8) is 0 Å². The Morgan fingerprint density at radius 1 is 1.03 bits per heavy atom. The molecule has 5 rings (SSSR count). The summed E-state index contributed by atoms with van der Waals surface area (Å²) in [5.74, 6) is 0.0977. The van der Waals surface area contributed by atoms with E-state index in [2.05, 4.69) is 0 Å². The van der Waals surface area contributed by atoms with Gasteiger partial charge >= 0.3 is 11.9 Å². The lowest BCUT2D eigenvalue weighted by Crippen LogP contribution is -2.43. The van der Waals surface area contributed by atoms with Gasteiger partial charge in [-0.15, -0.1) is 0 Å². The van der Waals surface area contributed by atoms with E-state index in [1.54, 1.807) is 28.8 Å². The van der Waals surface area contributed by atoms with Crippen LogP contribution in [0.4, 0.5) is 23.2 Å². The Kier molecular flexibility index (Phi) is 6.71. The standard InChI is InChI=1S/C29H29F4N3O2/c1-18-8-6-11-22(30)26(18)34-15-14-23(19(2)16-34)36-24-12-7-13-25(38-3)27(24)35(28(36)37)17-20-9-4-5-10-21(20)29(31,32)33/h4-13,19,23H,14-17H2,1-3H3. The predicted molar refractivity (Wildman–Crippen MR) is 139 cm³/mol. The number of benzene rings is 3. The smallest absolute Gasteiger partial charge is 0.416 e. The van der Waals surface area contributed by atoms with Gasteiger partial charge in [-0.2, -0.15) is 13.2 Å². The topological polar surface area (TPSA) is 39.4 Å². The quantitative estimate of drug-likeness (QED) is 0.282. The first-order chi connectivity index (χ1) is 18.1. The number of halogens is 4. The molecule has 0 spiro atoms. The number of hydrogen-bond acceptors (Lipinski definition) is 3. The van der Waals surface area contributed by atoms with E-state index >= 15 is 0 Å². The molecule has 0 saturated carbocycles. The van der Waals surface area contributed by atoms with Gasteiger partial charge in [0.1, 0.15) is 17.1 Å². The van der Waals surface area contributed by atoms with Crippen molar-refractivity contribution in [2.75, 3.05) is 25.1 Å². The first-order valence-corrected chi connectivity index (χ1v) is 12.5. The molecule has 9 heteroatoms. The molecule has 2 unspecified atom stereocenters. The summed E-state index contributed by atoms with van der Waals surface area (Å²) in [7, 11) is 1.47. The third-order valence-corrected chi connectivity index (χ3v) is 7.51. The highest BCUT2D eigenvalue weighted by molar-refractivity contribution is 5.83. The molecule has 1 aliphatic heterocycles. The maximum atomic E-state index is 14.7. The number of aryl methyl sites for hydroxylation is 1. The normalized spacial score (nSPS) is 18.2. The van der Waals surface area contributed by atoms with Crippen molar-refractivity contribution >= 4 is 16.7 Å². The Hall–Kier alpha value is -3.75. The number of fused-ring (bicyclic) bond motifs is 1. The summed E-state index contributed by atoms with van der Waals surface area (Å²) >= 11 is 0. The lowest BCUT2D eigenvalue weighted by molar-refractivity contribution is -0.138. The van der Waals surface area contributed by atoms with E-state index in [9.17, 15) is 22.4 Å². The van der Waals surface area contributed by atoms with E-state index < -0.39 is 17.4 Å². The number of alkyl halides is 3. The second kappa shape index (κ2) is 9.85. The summed E-state index contributed by atoms with van der Waals surface area (Å²) in [6.45, 7) is 4.71. The maximum Gasteiger partial charge on any atom is 0.416 e. The Labute approximate surface area is 217 Å². The van der Waals surface area contributed by atoms with Crippen molar-refractivity contribution in [1.29, 1.82) is 0 Å². The third-order valence-electron chi connectivity index (χ3n) is 7.51. The lowest BCUT2D eigenvalue weighted by Gasteiger charge is -2.39. The Morgan fingerprint density at radius 3 is 2.45 bits per heavy atom. The first kappa shape index (κ1) is 25.9. The predicted octanol–water partition coefficient (Wildman–Crippen LogP) is 6.41. The van der Waals surface area contributed by atoms with Crippen LogP contribution in [0.15, 0.2) is 65.5 Å². The fraction of sp³-hybridized carbons (Fsp3) is 0.345. The van der Waals surface area contributed by atoms with Crippen molar-refractivity contribution in [3.05, 3.63) is 93.7 Å². The first-order valence-electron chi connectivity index (χ1n) is 12.5. The molecule has 4 aromatic rings. The second-order valence-electron chi connectivity index (χ2n) is 9.91. The van der Waals surface area contributed by atoms with Crippen LogP contribution in [0.25, 0.3) is 11.0 Å². The molecule has 5 nitrogen and oxygen atoms in total. The molecule has 3 aromatic carbocycles. The van der Waals surface area contributed by atoms with Gasteiger partial charge in [0.2, 0.25) is 0 Å². The van der Waals surface area contributed by atoms with Crippen molar-refractivity contribution in [2.45, 2.75) is 39.0 Å². The molecule has 0 radical (unpaired) electrons. The molecule has 0 aliphatic carbocycles. The highest BCUT2D eigenvalue weighted by Crippen LogP contribution is 2.37. The minimum absolute atomic E-state index is 0.00459. The van der Waals surface area contributed by atoms with Crippen molar-refractivity contribution < 1.29 is 22.3 Å². The van der Waals surface area contributed by atoms with Gasteiger partial charge in [0, 0.05) is 19.1 Å². The summed E-state index contributed by atoms with van der Waals surface area (Å²) < 4.78 is 64.5. The van der Waals surface area contributed by atoms with E-state index in [4.69, 9.17) is 4.74 Å². The summed E-state index contributed by atoms with van der Waals surface area (Å²) in [6.07, 6.45) is -3.97. The summed E-state index contributed by atoms with van der Waals surface area (Å²) in [6, 6.07) is 15.3. The van der Waals surface area contributed by atoms with Gasteiger partial charge in [-0.1, -0.05) is 43.3 Å². The molecule has 38 heavy (non-hydrogen) atoms. The van der Waals surface area contributed by atoms with E-state index in [1.165, 1.54) is 35.9 Å². The number of aromatic nitrogens is 2. The third kappa shape index (κ3) is 4.44. The minimum atomic E-state index is -4.55. The zero-order valence-corrected chi connectivity index (χ0v) is 21.4. The van der Waals surface area contributed by atoms with Gasteiger partial charge < -0.3 is 9.64 Å². The van der Waals surface area contributed by atoms with Crippen LogP contribution in [0.3, 0.4) is 0 Å². The summed E-state index contributed by atoms with van der Waals surface area (Å²) in [5, 5.41) is 0. The van der Waals surface area contributed by atoms with Gasteiger partial charge in [0.25, 0.3) is 0 Å². The molecule has 2 atom stereocenters. The van der Waals surface area contributed by atoms with Gasteiger partial charge in [-0.3, -0.25) is 9.13 Å². The zero-order valence-electron chi connectivity index (χ0n) is 21.4. The van der Waals surface area contributed by atoms with Crippen LogP contribution in [0, 0.1) is 18.7 Å². The fourth-order valence-corrected chi connectivity index (χ4v) is 5.79. The van der Waals surface area contributed by atoms with E-state index in [-0.39, 0.29) is 29.9 Å². The van der Waals surface area contributed by atoms with E-state index in [0.717, 1.165) is 11.6 Å². The SMILES string of the molecule is COc1cccc2c1n(Cc1ccccc1C(F)(F)F)c(=O)n2C1CCN(c2c(C)cccc2F)CC1C. The summed E-state index contributed by atoms with van der Waals surface area (Å²) in [5.41, 5.74) is 1.31. The second-order valence-corrected chi connectivity index (χ2v) is 9.91. The van der Waals surface area contributed by atoms with Crippen molar-refractivity contribution in [3.8, 4) is 5.75 Å². The van der Waals surface area contributed by atoms with Crippen LogP contribution in [-0.4, -0.2) is 29.3 Å².